The van der Waals surface area contributed by atoms with E-state index in [0.717, 1.165) is 29.5 Å². The molecule has 0 aliphatic heterocycles. The number of alkyl halides is 3. The Hall–Kier alpha value is -2.18. The first-order chi connectivity index (χ1) is 15.5. The van der Waals surface area contributed by atoms with Gasteiger partial charge in [-0.2, -0.15) is 13.2 Å². The van der Waals surface area contributed by atoms with E-state index in [0.29, 0.717) is 23.2 Å². The van der Waals surface area contributed by atoms with Gasteiger partial charge in [0.25, 0.3) is 0 Å². The lowest BCUT2D eigenvalue weighted by atomic mass is 10.1. The van der Waals surface area contributed by atoms with Gasteiger partial charge in [0, 0.05) is 18.7 Å². The van der Waals surface area contributed by atoms with Gasteiger partial charge in [-0.1, -0.05) is 52.7 Å². The molecule has 0 aliphatic rings. The summed E-state index contributed by atoms with van der Waals surface area (Å²) in [5.41, 5.74) is -0.755. The number of hydrogen-bond acceptors (Lipinski definition) is 6. The summed E-state index contributed by atoms with van der Waals surface area (Å²) in [7, 11) is -4.11. The molecule has 0 amide bonds. The Kier molecular flexibility index (Phi) is 8.01. The van der Waals surface area contributed by atoms with Gasteiger partial charge in [0.2, 0.25) is 15.8 Å². The van der Waals surface area contributed by atoms with Crippen molar-refractivity contribution in [2.75, 3.05) is 18.4 Å². The summed E-state index contributed by atoms with van der Waals surface area (Å²) in [5, 5.41) is 3.59. The number of nitrogens with zero attached hydrogens (tertiary/aromatic N) is 1. The smallest absolute Gasteiger partial charge is 0.361 e. The second kappa shape index (κ2) is 10.4. The number of ketones is 1. The zero-order chi connectivity index (χ0) is 24.2. The fraction of sp³-hybridized carbons (Fsp3) is 0.200. The van der Waals surface area contributed by atoms with Crippen LogP contribution in [-0.2, 0) is 16.2 Å². The maximum atomic E-state index is 12.8. The largest absolute Gasteiger partial charge is 0.416 e. The molecule has 1 aromatic heterocycles. The number of hydrogen-bond donors (Lipinski definition) is 2. The summed E-state index contributed by atoms with van der Waals surface area (Å²) in [5.74, 6) is -0.370. The minimum atomic E-state index is -4.64. The van der Waals surface area contributed by atoms with Crippen molar-refractivity contribution >= 4 is 55.5 Å². The number of rotatable bonds is 9. The second-order valence-corrected chi connectivity index (χ2v) is 10.2. The molecule has 0 aliphatic carbocycles. The molecule has 2 aromatic carbocycles. The normalized spacial score (nSPS) is 12.0. The van der Waals surface area contributed by atoms with Crippen molar-refractivity contribution in [1.82, 2.24) is 9.71 Å². The number of benzene rings is 2. The minimum absolute atomic E-state index is 0.0117. The minimum Gasteiger partial charge on any atom is -0.361 e. The molecule has 2 N–H and O–H groups in total. The highest BCUT2D eigenvalue weighted by molar-refractivity contribution is 7.89. The molecule has 0 radical (unpaired) electrons. The lowest BCUT2D eigenvalue weighted by Gasteiger charge is -2.10. The highest BCUT2D eigenvalue weighted by Gasteiger charge is 2.31. The Labute approximate surface area is 201 Å². The van der Waals surface area contributed by atoms with Crippen LogP contribution in [0.15, 0.2) is 53.4 Å². The van der Waals surface area contributed by atoms with Crippen LogP contribution in [0.4, 0.5) is 18.3 Å². The third-order valence-corrected chi connectivity index (χ3v) is 7.49. The van der Waals surface area contributed by atoms with Gasteiger partial charge in [-0.15, -0.1) is 0 Å². The molecule has 0 saturated heterocycles. The zero-order valence-electron chi connectivity index (χ0n) is 16.6. The molecular weight excluding hydrogens is 522 g/mol. The molecule has 3 aromatic rings. The van der Waals surface area contributed by atoms with Crippen molar-refractivity contribution < 1.29 is 26.4 Å². The van der Waals surface area contributed by atoms with Crippen LogP contribution in [-0.4, -0.2) is 32.3 Å². The van der Waals surface area contributed by atoms with E-state index in [1.54, 1.807) is 24.3 Å². The van der Waals surface area contributed by atoms with Gasteiger partial charge in [-0.25, -0.2) is 18.1 Å². The number of halogens is 5. The molecule has 0 unspecified atom stereocenters. The van der Waals surface area contributed by atoms with Crippen molar-refractivity contribution in [2.24, 2.45) is 0 Å². The van der Waals surface area contributed by atoms with Crippen molar-refractivity contribution in [3.63, 3.8) is 0 Å². The predicted molar refractivity (Wildman–Crippen MR) is 122 cm³/mol. The number of nitrogens with one attached hydrogen (secondary N) is 2. The Morgan fingerprint density at radius 1 is 1.06 bits per heavy atom. The Morgan fingerprint density at radius 2 is 1.79 bits per heavy atom. The highest BCUT2D eigenvalue weighted by atomic mass is 35.5. The summed E-state index contributed by atoms with van der Waals surface area (Å²) in [6.07, 6.45) is -4.35. The molecule has 0 atom stereocenters. The van der Waals surface area contributed by atoms with Crippen LogP contribution in [0.5, 0.6) is 0 Å². The molecular formula is C20H16Cl2F3N3O3S2. The van der Waals surface area contributed by atoms with E-state index in [4.69, 9.17) is 23.2 Å². The predicted octanol–water partition coefficient (Wildman–Crippen LogP) is 5.48. The van der Waals surface area contributed by atoms with Crippen molar-refractivity contribution in [3.8, 4) is 0 Å². The van der Waals surface area contributed by atoms with E-state index in [1.807, 2.05) is 0 Å². The first-order valence-electron chi connectivity index (χ1n) is 9.35. The van der Waals surface area contributed by atoms with Crippen LogP contribution in [0, 0.1) is 0 Å². The number of thiazole rings is 1. The summed E-state index contributed by atoms with van der Waals surface area (Å²) in [6, 6.07) is 10.0. The molecule has 33 heavy (non-hydrogen) atoms. The Balaban J connectivity index is 1.54. The molecule has 0 spiro atoms. The maximum Gasteiger partial charge on any atom is 0.416 e. The van der Waals surface area contributed by atoms with Gasteiger partial charge in [-0.3, -0.25) is 4.79 Å². The van der Waals surface area contributed by atoms with Gasteiger partial charge in [0.1, 0.15) is 4.88 Å². The number of sulfonamides is 1. The van der Waals surface area contributed by atoms with Crippen molar-refractivity contribution in [1.29, 1.82) is 0 Å². The molecule has 3 rings (SSSR count). The molecule has 1 heterocycles. The molecule has 0 fully saturated rings. The lowest BCUT2D eigenvalue weighted by molar-refractivity contribution is -0.137. The lowest BCUT2D eigenvalue weighted by Crippen LogP contribution is -2.26. The summed E-state index contributed by atoms with van der Waals surface area (Å²) in [6.45, 7) is 0.241. The third-order valence-electron chi connectivity index (χ3n) is 4.30. The standard InChI is InChI=1S/C20H16Cl2F3N3O3S2/c21-15-8-2-1-7-14(15)16(29)17-18(22)28-19(32-17)26-9-4-10-27-33(30,31)13-6-3-5-12(11-13)20(23,24)25/h1-3,5-8,11,27H,4,9-10H2,(H,26,28). The topological polar surface area (TPSA) is 88.2 Å². The SMILES string of the molecule is O=C(c1ccccc1Cl)c1sc(NCCCNS(=O)(=O)c2cccc(C(F)(F)F)c2)nc1Cl. The first-order valence-corrected chi connectivity index (χ1v) is 12.4. The Morgan fingerprint density at radius 3 is 2.48 bits per heavy atom. The van der Waals surface area contributed by atoms with Gasteiger partial charge < -0.3 is 5.32 Å². The van der Waals surface area contributed by atoms with E-state index < -0.39 is 26.7 Å². The van der Waals surface area contributed by atoms with Gasteiger partial charge in [-0.05, 0) is 36.8 Å². The molecule has 6 nitrogen and oxygen atoms in total. The fourth-order valence-corrected chi connectivity index (χ4v) is 5.21. The number of carbonyl (C=O) groups is 1. The summed E-state index contributed by atoms with van der Waals surface area (Å²) < 4.78 is 65.2. The molecule has 0 bridgehead atoms. The van der Waals surface area contributed by atoms with Crippen LogP contribution in [0.3, 0.4) is 0 Å². The average Bonchev–Trinajstić information content (AvgIpc) is 3.13. The van der Waals surface area contributed by atoms with Crippen LogP contribution in [0.25, 0.3) is 0 Å². The second-order valence-electron chi connectivity index (χ2n) is 6.65. The van der Waals surface area contributed by atoms with Crippen LogP contribution >= 0.6 is 34.5 Å². The van der Waals surface area contributed by atoms with Crippen LogP contribution in [0.1, 0.15) is 27.2 Å². The van der Waals surface area contributed by atoms with Crippen LogP contribution < -0.4 is 10.0 Å². The summed E-state index contributed by atoms with van der Waals surface area (Å²) in [4.78, 5) is 16.4. The third kappa shape index (κ3) is 6.45. The number of carbonyl (C=O) groups excluding carboxylic acids is 1. The zero-order valence-corrected chi connectivity index (χ0v) is 19.8. The van der Waals surface area contributed by atoms with Crippen molar-refractivity contribution in [2.45, 2.75) is 17.5 Å². The maximum absolute atomic E-state index is 12.8. The number of aromatic nitrogens is 1. The quantitative estimate of drug-likeness (QED) is 0.278. The average molecular weight is 538 g/mol. The Bertz CT molecular complexity index is 1260. The van der Waals surface area contributed by atoms with E-state index in [-0.39, 0.29) is 33.9 Å². The van der Waals surface area contributed by atoms with E-state index in [9.17, 15) is 26.4 Å². The van der Waals surface area contributed by atoms with Gasteiger partial charge >= 0.3 is 6.18 Å². The summed E-state index contributed by atoms with van der Waals surface area (Å²) >= 11 is 13.2. The highest BCUT2D eigenvalue weighted by Crippen LogP contribution is 2.31. The molecule has 13 heteroatoms. The molecule has 0 saturated carbocycles. The van der Waals surface area contributed by atoms with Gasteiger partial charge in [0.15, 0.2) is 10.3 Å². The van der Waals surface area contributed by atoms with Crippen molar-refractivity contribution in [3.05, 3.63) is 74.7 Å². The van der Waals surface area contributed by atoms with E-state index in [1.165, 1.54) is 0 Å². The fourth-order valence-electron chi connectivity index (χ4n) is 2.70. The monoisotopic (exact) mass is 537 g/mol. The van der Waals surface area contributed by atoms with E-state index >= 15 is 0 Å². The van der Waals surface area contributed by atoms with Crippen LogP contribution in [0.2, 0.25) is 10.2 Å². The van der Waals surface area contributed by atoms with Gasteiger partial charge in [0.05, 0.1) is 15.5 Å². The number of anilines is 1. The first kappa shape index (κ1) is 25.4. The molecule has 176 valence electrons. The van der Waals surface area contributed by atoms with E-state index in [2.05, 4.69) is 15.0 Å².